The van der Waals surface area contributed by atoms with Crippen LogP contribution in [0.25, 0.3) is 16.9 Å². The highest BCUT2D eigenvalue weighted by molar-refractivity contribution is 6.30. The molecule has 0 bridgehead atoms. The molecule has 0 atom stereocenters. The molecule has 0 fully saturated rings. The van der Waals surface area contributed by atoms with E-state index in [4.69, 9.17) is 23.2 Å². The largest absolute Gasteiger partial charge is 0.283 e. The van der Waals surface area contributed by atoms with Crippen molar-refractivity contribution in [3.63, 3.8) is 0 Å². The van der Waals surface area contributed by atoms with Gasteiger partial charge in [-0.3, -0.25) is 4.57 Å². The lowest BCUT2D eigenvalue weighted by atomic mass is 10.1. The van der Waals surface area contributed by atoms with Gasteiger partial charge >= 0.3 is 0 Å². The van der Waals surface area contributed by atoms with E-state index in [1.165, 1.54) is 4.57 Å². The summed E-state index contributed by atoms with van der Waals surface area (Å²) >= 11 is 12.0. The second kappa shape index (κ2) is 5.91. The second-order valence-corrected chi connectivity index (χ2v) is 5.65. The summed E-state index contributed by atoms with van der Waals surface area (Å²) in [4.78, 5) is 4.06. The summed E-state index contributed by atoms with van der Waals surface area (Å²) in [6.07, 6.45) is 0. The third kappa shape index (κ3) is 2.82. The van der Waals surface area contributed by atoms with Gasteiger partial charge in [-0.15, -0.1) is 0 Å². The van der Waals surface area contributed by atoms with Crippen LogP contribution in [0.4, 0.5) is 13.2 Å². The third-order valence-electron chi connectivity index (χ3n) is 3.34. The van der Waals surface area contributed by atoms with Gasteiger partial charge in [-0.2, -0.15) is 0 Å². The van der Waals surface area contributed by atoms with Gasteiger partial charge in [0.25, 0.3) is 0 Å². The van der Waals surface area contributed by atoms with Gasteiger partial charge in [-0.1, -0.05) is 11.6 Å². The fourth-order valence-electron chi connectivity index (χ4n) is 2.38. The zero-order valence-electron chi connectivity index (χ0n) is 11.7. The molecular weight excluding hydrogens is 348 g/mol. The number of nitrogens with zero attached hydrogens (tertiary/aromatic N) is 2. The van der Waals surface area contributed by atoms with Gasteiger partial charge in [0.2, 0.25) is 5.28 Å². The summed E-state index contributed by atoms with van der Waals surface area (Å²) in [5, 5.41) is 0.533. The van der Waals surface area contributed by atoms with Crippen molar-refractivity contribution in [3.05, 3.63) is 69.9 Å². The maximum Gasteiger partial charge on any atom is 0.208 e. The molecule has 0 amide bonds. The first-order valence-corrected chi connectivity index (χ1v) is 7.29. The lowest BCUT2D eigenvalue weighted by molar-refractivity contribution is 0.547. The number of hydrogen-bond acceptors (Lipinski definition) is 1. The Hall–Kier alpha value is -1.98. The molecule has 1 aromatic heterocycles. The van der Waals surface area contributed by atoms with Crippen LogP contribution >= 0.6 is 23.2 Å². The molecule has 0 saturated heterocycles. The number of aryl methyl sites for hydroxylation is 1. The van der Waals surface area contributed by atoms with Gasteiger partial charge in [0.05, 0.1) is 17.0 Å². The van der Waals surface area contributed by atoms with Gasteiger partial charge in [-0.25, -0.2) is 18.2 Å². The molecule has 0 spiro atoms. The first kappa shape index (κ1) is 15.9. The third-order valence-corrected chi connectivity index (χ3v) is 3.84. The van der Waals surface area contributed by atoms with Crippen LogP contribution in [0.5, 0.6) is 0 Å². The van der Waals surface area contributed by atoms with Crippen molar-refractivity contribution in [2.75, 3.05) is 0 Å². The molecule has 0 saturated carbocycles. The van der Waals surface area contributed by atoms with E-state index >= 15 is 0 Å². The van der Waals surface area contributed by atoms with Gasteiger partial charge in [0, 0.05) is 22.8 Å². The van der Waals surface area contributed by atoms with Crippen molar-refractivity contribution in [1.29, 1.82) is 0 Å². The fraction of sp³-hybridized carbons (Fsp3) is 0.0625. The van der Waals surface area contributed by atoms with Crippen LogP contribution in [0.3, 0.4) is 0 Å². The normalized spacial score (nSPS) is 11.0. The van der Waals surface area contributed by atoms with Gasteiger partial charge < -0.3 is 0 Å². The Labute approximate surface area is 140 Å². The quantitative estimate of drug-likeness (QED) is 0.586. The Morgan fingerprint density at radius 2 is 1.52 bits per heavy atom. The Balaban J connectivity index is 2.32. The molecule has 23 heavy (non-hydrogen) atoms. The predicted octanol–water partition coefficient (Wildman–Crippen LogP) is 5.57. The summed E-state index contributed by atoms with van der Waals surface area (Å²) in [6.45, 7) is 1.57. The Morgan fingerprint density at radius 3 is 2.09 bits per heavy atom. The minimum atomic E-state index is -1.03. The molecule has 3 aromatic rings. The highest BCUT2D eigenvalue weighted by atomic mass is 35.5. The molecule has 0 aliphatic carbocycles. The van der Waals surface area contributed by atoms with E-state index in [9.17, 15) is 13.2 Å². The molecule has 118 valence electrons. The topological polar surface area (TPSA) is 17.8 Å². The fourth-order valence-corrected chi connectivity index (χ4v) is 2.82. The molecule has 0 unspecified atom stereocenters. The summed E-state index contributed by atoms with van der Waals surface area (Å²) in [6, 6.07) is 7.74. The SMILES string of the molecule is Cc1nc(Cl)n(-c2ccc(Cl)cc2)c1-c1c(F)cc(F)cc1F. The first-order valence-electron chi connectivity index (χ1n) is 6.54. The standard InChI is InChI=1S/C16H9Cl2F3N2/c1-8-15(14-12(20)6-10(19)7-13(14)21)23(16(18)22-8)11-4-2-9(17)3-5-11/h2-7H,1H3. The van der Waals surface area contributed by atoms with Gasteiger partial charge in [0.15, 0.2) is 0 Å². The van der Waals surface area contributed by atoms with Gasteiger partial charge in [0.1, 0.15) is 17.5 Å². The van der Waals surface area contributed by atoms with E-state index in [0.717, 1.165) is 0 Å². The number of benzene rings is 2. The van der Waals surface area contributed by atoms with Crippen molar-refractivity contribution in [2.24, 2.45) is 0 Å². The van der Waals surface area contributed by atoms with Crippen LogP contribution < -0.4 is 0 Å². The first-order chi connectivity index (χ1) is 10.9. The molecule has 2 aromatic carbocycles. The Morgan fingerprint density at radius 1 is 0.957 bits per heavy atom. The number of hydrogen-bond donors (Lipinski definition) is 0. The minimum Gasteiger partial charge on any atom is -0.283 e. The maximum atomic E-state index is 14.2. The van der Waals surface area contributed by atoms with Crippen LogP contribution in [-0.4, -0.2) is 9.55 Å². The molecule has 7 heteroatoms. The molecule has 0 N–H and O–H groups in total. The summed E-state index contributed by atoms with van der Waals surface area (Å²) in [5.74, 6) is -3.06. The maximum absolute atomic E-state index is 14.2. The number of rotatable bonds is 2. The van der Waals surface area contributed by atoms with E-state index in [2.05, 4.69) is 4.98 Å². The monoisotopic (exact) mass is 356 g/mol. The zero-order chi connectivity index (χ0) is 16.7. The van der Waals surface area contributed by atoms with E-state index in [0.29, 0.717) is 28.5 Å². The predicted molar refractivity (Wildman–Crippen MR) is 83.6 cm³/mol. The Bertz CT molecular complexity index is 866. The van der Waals surface area contributed by atoms with Crippen molar-refractivity contribution >= 4 is 23.2 Å². The molecule has 1 heterocycles. The second-order valence-electron chi connectivity index (χ2n) is 4.87. The number of halogens is 5. The molecule has 3 rings (SSSR count). The molecule has 0 radical (unpaired) electrons. The van der Waals surface area contributed by atoms with E-state index in [-0.39, 0.29) is 11.0 Å². The number of imidazole rings is 1. The van der Waals surface area contributed by atoms with Gasteiger partial charge in [-0.05, 0) is 42.8 Å². The highest BCUT2D eigenvalue weighted by Crippen LogP contribution is 2.34. The smallest absolute Gasteiger partial charge is 0.208 e. The highest BCUT2D eigenvalue weighted by Gasteiger charge is 2.23. The molecule has 0 aliphatic rings. The van der Waals surface area contributed by atoms with Crippen LogP contribution in [-0.2, 0) is 0 Å². The van der Waals surface area contributed by atoms with Crippen LogP contribution in [0.2, 0.25) is 10.3 Å². The molecule has 2 nitrogen and oxygen atoms in total. The van der Waals surface area contributed by atoms with Crippen LogP contribution in [0.15, 0.2) is 36.4 Å². The summed E-state index contributed by atoms with van der Waals surface area (Å²) in [7, 11) is 0. The summed E-state index contributed by atoms with van der Waals surface area (Å²) < 4.78 is 42.9. The van der Waals surface area contributed by atoms with Crippen LogP contribution in [0.1, 0.15) is 5.69 Å². The van der Waals surface area contributed by atoms with E-state index in [1.807, 2.05) is 0 Å². The average Bonchev–Trinajstić information content (AvgIpc) is 2.74. The van der Waals surface area contributed by atoms with E-state index < -0.39 is 23.0 Å². The van der Waals surface area contributed by atoms with Crippen molar-refractivity contribution in [1.82, 2.24) is 9.55 Å². The molecular formula is C16H9Cl2F3N2. The minimum absolute atomic E-state index is 0.0305. The van der Waals surface area contributed by atoms with E-state index in [1.54, 1.807) is 31.2 Å². The summed E-state index contributed by atoms with van der Waals surface area (Å²) in [5.41, 5.74) is 0.568. The lowest BCUT2D eigenvalue weighted by Gasteiger charge is -2.12. The molecule has 0 aliphatic heterocycles. The van der Waals surface area contributed by atoms with Crippen molar-refractivity contribution < 1.29 is 13.2 Å². The zero-order valence-corrected chi connectivity index (χ0v) is 13.3. The average molecular weight is 357 g/mol. The Kier molecular flexibility index (Phi) is 4.08. The lowest BCUT2D eigenvalue weighted by Crippen LogP contribution is -2.02. The van der Waals surface area contributed by atoms with Crippen LogP contribution in [0, 0.1) is 24.4 Å². The van der Waals surface area contributed by atoms with Crippen molar-refractivity contribution in [3.8, 4) is 16.9 Å². The van der Waals surface area contributed by atoms with Crippen molar-refractivity contribution in [2.45, 2.75) is 6.92 Å². The number of aromatic nitrogens is 2.